The first kappa shape index (κ1) is 13.5. The molecule has 5 nitrogen and oxygen atoms in total. The fourth-order valence-corrected chi connectivity index (χ4v) is 3.58. The number of halogens is 2. The molecule has 1 saturated carbocycles. The highest BCUT2D eigenvalue weighted by Crippen LogP contribution is 2.38. The fourth-order valence-electron chi connectivity index (χ4n) is 3.27. The van der Waals surface area contributed by atoms with Crippen LogP contribution in [0.1, 0.15) is 12.8 Å². The van der Waals surface area contributed by atoms with E-state index in [2.05, 4.69) is 25.9 Å². The Balaban J connectivity index is 1.57. The third-order valence-corrected chi connectivity index (χ3v) is 4.85. The number of rotatable bonds is 2. The second-order valence-corrected chi connectivity index (χ2v) is 6.34. The van der Waals surface area contributed by atoms with E-state index in [0.29, 0.717) is 23.5 Å². The van der Waals surface area contributed by atoms with Crippen molar-refractivity contribution in [3.63, 3.8) is 0 Å². The van der Waals surface area contributed by atoms with Gasteiger partial charge < -0.3 is 19.6 Å². The molecule has 1 aliphatic carbocycles. The van der Waals surface area contributed by atoms with E-state index in [1.807, 2.05) is 0 Å². The van der Waals surface area contributed by atoms with Crippen LogP contribution in [-0.4, -0.2) is 40.0 Å². The third-order valence-electron chi connectivity index (χ3n) is 4.29. The number of hydrogen-bond donors (Lipinski definition) is 2. The Morgan fingerprint density at radius 1 is 1.43 bits per heavy atom. The molecular formula is C14H14BrFN2O3. The summed E-state index contributed by atoms with van der Waals surface area (Å²) in [5, 5.41) is 9.81. The molecule has 4 atom stereocenters. The van der Waals surface area contributed by atoms with Gasteiger partial charge >= 0.3 is 0 Å². The normalized spacial score (nSPS) is 31.8. The van der Waals surface area contributed by atoms with Crippen molar-refractivity contribution < 1.29 is 19.0 Å². The molecule has 2 aliphatic rings. The van der Waals surface area contributed by atoms with Crippen LogP contribution in [0.2, 0.25) is 0 Å². The molecule has 0 spiro atoms. The van der Waals surface area contributed by atoms with Crippen molar-refractivity contribution in [1.82, 2.24) is 9.97 Å². The van der Waals surface area contributed by atoms with Gasteiger partial charge in [0.25, 0.3) is 0 Å². The van der Waals surface area contributed by atoms with Crippen molar-refractivity contribution in [2.45, 2.75) is 31.2 Å². The van der Waals surface area contributed by atoms with E-state index in [9.17, 15) is 9.50 Å². The molecule has 1 aliphatic heterocycles. The van der Waals surface area contributed by atoms with Crippen LogP contribution in [0.25, 0.3) is 11.0 Å². The van der Waals surface area contributed by atoms with Gasteiger partial charge in [-0.05, 0) is 28.8 Å². The number of H-pyrrole nitrogens is 1. The number of nitrogens with one attached hydrogen (secondary N) is 1. The van der Waals surface area contributed by atoms with E-state index in [1.54, 1.807) is 6.07 Å². The van der Waals surface area contributed by atoms with Crippen LogP contribution in [0.4, 0.5) is 4.39 Å². The highest BCUT2D eigenvalue weighted by molar-refractivity contribution is 9.10. The van der Waals surface area contributed by atoms with Crippen LogP contribution in [0.5, 0.6) is 5.88 Å². The molecule has 2 N–H and O–H groups in total. The van der Waals surface area contributed by atoms with E-state index >= 15 is 0 Å². The van der Waals surface area contributed by atoms with Crippen molar-refractivity contribution in [2.24, 2.45) is 5.92 Å². The zero-order chi connectivity index (χ0) is 14.6. The molecule has 3 heterocycles. The van der Waals surface area contributed by atoms with Gasteiger partial charge in [0, 0.05) is 18.1 Å². The topological polar surface area (TPSA) is 67.4 Å². The number of aromatic amines is 1. The summed E-state index contributed by atoms with van der Waals surface area (Å²) in [7, 11) is 0. The van der Waals surface area contributed by atoms with E-state index in [0.717, 1.165) is 12.8 Å². The van der Waals surface area contributed by atoms with Crippen molar-refractivity contribution in [2.75, 3.05) is 6.61 Å². The zero-order valence-electron chi connectivity index (χ0n) is 11.1. The molecule has 21 heavy (non-hydrogen) atoms. The largest absolute Gasteiger partial charge is 0.473 e. The number of aliphatic hydroxyl groups is 1. The Morgan fingerprint density at radius 2 is 2.29 bits per heavy atom. The van der Waals surface area contributed by atoms with E-state index in [1.165, 1.54) is 6.07 Å². The summed E-state index contributed by atoms with van der Waals surface area (Å²) in [4.78, 5) is 7.13. The summed E-state index contributed by atoms with van der Waals surface area (Å²) in [5.41, 5.74) is 1.23. The first-order valence-electron chi connectivity index (χ1n) is 6.93. The molecule has 0 aromatic carbocycles. The van der Waals surface area contributed by atoms with Gasteiger partial charge in [-0.15, -0.1) is 0 Å². The second-order valence-electron chi connectivity index (χ2n) is 5.59. The lowest BCUT2D eigenvalue weighted by Gasteiger charge is -2.18. The SMILES string of the molecule is O[C@@H]1COC2[C@H](Oc3cc4nc(Br)c(F)cc4[nH]3)CC[C@@H]21. The Hall–Kier alpha value is -1.18. The Labute approximate surface area is 128 Å². The van der Waals surface area contributed by atoms with E-state index in [4.69, 9.17) is 9.47 Å². The number of ether oxygens (including phenoxy) is 2. The van der Waals surface area contributed by atoms with Crippen LogP contribution < -0.4 is 4.74 Å². The van der Waals surface area contributed by atoms with Crippen molar-refractivity contribution in [1.29, 1.82) is 0 Å². The summed E-state index contributed by atoms with van der Waals surface area (Å²) in [5.74, 6) is 0.286. The van der Waals surface area contributed by atoms with Gasteiger partial charge in [-0.2, -0.15) is 0 Å². The Morgan fingerprint density at radius 3 is 3.14 bits per heavy atom. The molecular weight excluding hydrogens is 343 g/mol. The Bertz CT molecular complexity index is 653. The summed E-state index contributed by atoms with van der Waals surface area (Å²) >= 11 is 3.07. The lowest BCUT2D eigenvalue weighted by molar-refractivity contribution is 0.0154. The maximum atomic E-state index is 13.5. The van der Waals surface area contributed by atoms with Gasteiger partial charge in [0.2, 0.25) is 0 Å². The minimum atomic E-state index is -0.418. The molecule has 7 heteroatoms. The summed E-state index contributed by atoms with van der Waals surface area (Å²) < 4.78 is 25.2. The molecule has 2 aromatic heterocycles. The van der Waals surface area contributed by atoms with Gasteiger partial charge in [0.1, 0.15) is 10.7 Å². The molecule has 112 valence electrons. The van der Waals surface area contributed by atoms with E-state index in [-0.39, 0.29) is 22.7 Å². The molecule has 0 bridgehead atoms. The molecule has 2 fully saturated rings. The molecule has 4 rings (SSSR count). The smallest absolute Gasteiger partial charge is 0.193 e. The molecule has 2 aromatic rings. The number of fused-ring (bicyclic) bond motifs is 2. The zero-order valence-corrected chi connectivity index (χ0v) is 12.6. The maximum absolute atomic E-state index is 13.5. The van der Waals surface area contributed by atoms with Gasteiger partial charge in [0.15, 0.2) is 11.7 Å². The summed E-state index contributed by atoms with van der Waals surface area (Å²) in [6, 6.07) is 3.13. The van der Waals surface area contributed by atoms with Crippen LogP contribution in [0.15, 0.2) is 16.7 Å². The lowest BCUT2D eigenvalue weighted by Crippen LogP contribution is -2.30. The molecule has 0 radical (unpaired) electrons. The highest BCUT2D eigenvalue weighted by atomic mass is 79.9. The van der Waals surface area contributed by atoms with Crippen LogP contribution in [0, 0.1) is 11.7 Å². The average molecular weight is 357 g/mol. The molecule has 1 unspecified atom stereocenters. The van der Waals surface area contributed by atoms with Gasteiger partial charge in [0.05, 0.1) is 29.8 Å². The standard InChI is InChI=1S/C14H14BrFN2O3/c15-14-7(16)3-8-9(18-14)4-12(17-8)21-11-2-1-6-10(19)5-20-13(6)11/h3-4,6,10-11,13,17,19H,1-2,5H2/t6-,10-,11-,13?/m1/s1. The maximum Gasteiger partial charge on any atom is 0.193 e. The minimum absolute atomic E-state index is 0.0668. The number of aromatic nitrogens is 2. The first-order valence-corrected chi connectivity index (χ1v) is 7.72. The number of pyridine rings is 1. The summed E-state index contributed by atoms with van der Waals surface area (Å²) in [6.07, 6.45) is 1.19. The van der Waals surface area contributed by atoms with Gasteiger partial charge in [-0.25, -0.2) is 9.37 Å². The van der Waals surface area contributed by atoms with Crippen LogP contribution in [-0.2, 0) is 4.74 Å². The van der Waals surface area contributed by atoms with E-state index < -0.39 is 11.9 Å². The molecule has 0 amide bonds. The van der Waals surface area contributed by atoms with Gasteiger partial charge in [-0.3, -0.25) is 0 Å². The van der Waals surface area contributed by atoms with Crippen molar-refractivity contribution in [3.05, 3.63) is 22.6 Å². The lowest BCUT2D eigenvalue weighted by atomic mass is 10.0. The Kier molecular flexibility index (Phi) is 3.16. The quantitative estimate of drug-likeness (QED) is 0.810. The number of aliphatic hydroxyl groups excluding tert-OH is 1. The minimum Gasteiger partial charge on any atom is -0.473 e. The van der Waals surface area contributed by atoms with Crippen molar-refractivity contribution in [3.8, 4) is 5.88 Å². The van der Waals surface area contributed by atoms with Crippen LogP contribution >= 0.6 is 15.9 Å². The monoisotopic (exact) mass is 356 g/mol. The predicted molar refractivity (Wildman–Crippen MR) is 76.6 cm³/mol. The van der Waals surface area contributed by atoms with Gasteiger partial charge in [-0.1, -0.05) is 0 Å². The molecule has 1 saturated heterocycles. The number of nitrogens with zero attached hydrogens (tertiary/aromatic N) is 1. The van der Waals surface area contributed by atoms with Crippen molar-refractivity contribution >= 4 is 27.0 Å². The average Bonchev–Trinajstić information content (AvgIpc) is 3.10. The number of hydrogen-bond acceptors (Lipinski definition) is 4. The highest BCUT2D eigenvalue weighted by Gasteiger charge is 2.47. The van der Waals surface area contributed by atoms with Crippen LogP contribution in [0.3, 0.4) is 0 Å². The predicted octanol–water partition coefficient (Wildman–Crippen LogP) is 2.38. The first-order chi connectivity index (χ1) is 10.1. The third kappa shape index (κ3) is 2.23. The second kappa shape index (κ2) is 4.93. The summed E-state index contributed by atoms with van der Waals surface area (Å²) in [6.45, 7) is 0.377. The fraction of sp³-hybridized carbons (Fsp3) is 0.500.